The summed E-state index contributed by atoms with van der Waals surface area (Å²) in [6, 6.07) is 41.4. The zero-order valence-corrected chi connectivity index (χ0v) is 45.7. The lowest BCUT2D eigenvalue weighted by atomic mass is 9.80. The normalized spacial score (nSPS) is 17.5. The number of hydrogen-bond donors (Lipinski definition) is 0. The van der Waals surface area contributed by atoms with Gasteiger partial charge in [-0.25, -0.2) is 14.6 Å². The molecule has 0 spiro atoms. The van der Waals surface area contributed by atoms with E-state index >= 15 is 0 Å². The summed E-state index contributed by atoms with van der Waals surface area (Å²) < 4.78 is 58.2. The highest BCUT2D eigenvalue weighted by molar-refractivity contribution is 7.44. The lowest BCUT2D eigenvalue weighted by Crippen LogP contribution is -2.43. The maximum Gasteiger partial charge on any atom is 0.259 e. The van der Waals surface area contributed by atoms with Crippen molar-refractivity contribution >= 4 is 27.8 Å². The molecular weight excluding hydrogens is 970 g/mol. The minimum atomic E-state index is -1.84. The van der Waals surface area contributed by atoms with Gasteiger partial charge in [-0.15, -0.1) is 0 Å². The third-order valence-corrected chi connectivity index (χ3v) is 16.8. The van der Waals surface area contributed by atoms with Crippen LogP contribution in [0.4, 0.5) is 0 Å². The molecule has 74 heavy (non-hydrogen) atoms. The zero-order valence-electron chi connectivity index (χ0n) is 43.8. The number of imidazole rings is 1. The second-order valence-electron chi connectivity index (χ2n) is 19.8. The molecule has 1 aliphatic rings. The van der Waals surface area contributed by atoms with E-state index < -0.39 is 46.7 Å². The molecule has 4 heterocycles. The lowest BCUT2D eigenvalue weighted by Gasteiger charge is -2.39. The van der Waals surface area contributed by atoms with Crippen LogP contribution in [-0.4, -0.2) is 102 Å². The molecule has 0 amide bonds. The van der Waals surface area contributed by atoms with Gasteiger partial charge in [-0.05, 0) is 104 Å². The Morgan fingerprint density at radius 3 is 2.03 bits per heavy atom. The number of pyridine rings is 1. The molecule has 8 rings (SSSR count). The first-order valence-corrected chi connectivity index (χ1v) is 30.0. The van der Waals surface area contributed by atoms with Crippen molar-refractivity contribution in [2.75, 3.05) is 34.0 Å². The van der Waals surface area contributed by atoms with Gasteiger partial charge in [-0.1, -0.05) is 98.5 Å². The topological polar surface area (TPSA) is 157 Å². The summed E-state index contributed by atoms with van der Waals surface area (Å²) in [5, 5.41) is 9.73. The number of benzene rings is 4. The van der Waals surface area contributed by atoms with E-state index in [2.05, 4.69) is 92.3 Å². The summed E-state index contributed by atoms with van der Waals surface area (Å²) in [7, 11) is 0.0459. The minimum Gasteiger partial charge on any atom is -0.497 e. The molecule has 1 unspecified atom stereocenters. The van der Waals surface area contributed by atoms with Crippen LogP contribution in [0.3, 0.4) is 0 Å². The van der Waals surface area contributed by atoms with Crippen molar-refractivity contribution in [2.45, 2.75) is 109 Å². The van der Waals surface area contributed by atoms with E-state index in [1.165, 1.54) is 6.33 Å². The zero-order chi connectivity index (χ0) is 52.2. The van der Waals surface area contributed by atoms with Crippen LogP contribution >= 0.6 is 8.53 Å². The number of aromatic nitrogens is 5. The molecule has 1 fully saturated rings. The van der Waals surface area contributed by atoms with E-state index in [0.29, 0.717) is 35.1 Å². The van der Waals surface area contributed by atoms with Crippen LogP contribution in [0.2, 0.25) is 25.7 Å². The highest BCUT2D eigenvalue weighted by Crippen LogP contribution is 2.52. The number of methoxy groups -OCH3 is 2. The first kappa shape index (κ1) is 54.1. The molecule has 388 valence electrons. The van der Waals surface area contributed by atoms with Gasteiger partial charge in [-0.3, -0.25) is 9.55 Å². The standard InChI is InChI=1S/C57H68N7O8PSi/c1-40(2)64(41(3)4)73(70-33-15-30-58)72-52-50(37-69-57(44-17-11-10-12-18-44,45-20-24-47(65-5)25-21-45)46-22-26-48(66-6)27-23-46)71-56(53(52)68-36-43-16-13-14-19-49(43)42-28-31-59-32-29-42)63-39-62-51-54(63)60-38-61-55(51)67-34-35-74(7,8)9/h10-14,16-29,31-32,38-41,50,52-53,56H,15,33-37H2,1-9H3/t50-,52-,53-,56-,73?/m1/s1. The van der Waals surface area contributed by atoms with Crippen LogP contribution in [0.15, 0.2) is 140 Å². The van der Waals surface area contributed by atoms with Crippen molar-refractivity contribution in [2.24, 2.45) is 0 Å². The molecule has 5 atom stereocenters. The van der Waals surface area contributed by atoms with Gasteiger partial charge in [0, 0.05) is 32.6 Å². The second-order valence-corrected chi connectivity index (χ2v) is 26.9. The Bertz CT molecular complexity index is 2850. The molecule has 1 aliphatic heterocycles. The minimum absolute atomic E-state index is 0.00102. The molecular formula is C57H68N7O8PSi. The highest BCUT2D eigenvalue weighted by atomic mass is 31.2. The Morgan fingerprint density at radius 1 is 0.770 bits per heavy atom. The molecule has 1 saturated heterocycles. The predicted molar refractivity (Wildman–Crippen MR) is 289 cm³/mol. The summed E-state index contributed by atoms with van der Waals surface area (Å²) in [4.78, 5) is 18.5. The first-order chi connectivity index (χ1) is 35.8. The van der Waals surface area contributed by atoms with E-state index in [1.54, 1.807) is 32.9 Å². The van der Waals surface area contributed by atoms with E-state index in [0.717, 1.165) is 39.4 Å². The molecule has 3 aromatic heterocycles. The molecule has 0 bridgehead atoms. The summed E-state index contributed by atoms with van der Waals surface area (Å²) >= 11 is 0. The summed E-state index contributed by atoms with van der Waals surface area (Å²) in [6.45, 7) is 16.2. The number of nitrogens with zero attached hydrogens (tertiary/aromatic N) is 7. The highest BCUT2D eigenvalue weighted by Gasteiger charge is 2.52. The van der Waals surface area contributed by atoms with Crippen molar-refractivity contribution in [3.05, 3.63) is 163 Å². The number of hydrogen-bond acceptors (Lipinski definition) is 14. The second kappa shape index (κ2) is 24.9. The van der Waals surface area contributed by atoms with E-state index in [1.807, 2.05) is 95.6 Å². The van der Waals surface area contributed by atoms with Gasteiger partial charge in [0.15, 0.2) is 17.4 Å². The quantitative estimate of drug-likeness (QED) is 0.0230. The SMILES string of the molecule is COc1ccc(C(OC[C@H]2O[C@@H](n3cnc4c(OCC[Si](C)(C)C)ncnc43)[C@H](OCc3ccccc3-c3ccncc3)[C@@H]2OP(OCCC#N)N(C(C)C)C(C)C)(c2ccccc2)c2ccc(OC)cc2)cc1. The third kappa shape index (κ3) is 12.5. The number of ether oxygens (including phenoxy) is 6. The van der Waals surface area contributed by atoms with Gasteiger partial charge in [0.1, 0.15) is 41.7 Å². The summed E-state index contributed by atoms with van der Waals surface area (Å²) in [5.74, 6) is 1.81. The largest absolute Gasteiger partial charge is 0.497 e. The van der Waals surface area contributed by atoms with Gasteiger partial charge in [-0.2, -0.15) is 10.2 Å². The maximum absolute atomic E-state index is 9.73. The summed E-state index contributed by atoms with van der Waals surface area (Å²) in [6.07, 6.45) is 3.62. The summed E-state index contributed by atoms with van der Waals surface area (Å²) in [5.41, 5.74) is 5.37. The average molecular weight is 1040 g/mol. The van der Waals surface area contributed by atoms with Crippen molar-refractivity contribution < 1.29 is 37.5 Å². The average Bonchev–Trinajstić information content (AvgIpc) is 4.00. The number of fused-ring (bicyclic) bond motifs is 1. The van der Waals surface area contributed by atoms with Crippen LogP contribution in [-0.2, 0) is 35.5 Å². The van der Waals surface area contributed by atoms with Crippen LogP contribution in [0.25, 0.3) is 22.3 Å². The smallest absolute Gasteiger partial charge is 0.259 e. The predicted octanol–water partition coefficient (Wildman–Crippen LogP) is 11.8. The van der Waals surface area contributed by atoms with Crippen molar-refractivity contribution in [3.63, 3.8) is 0 Å². The van der Waals surface area contributed by atoms with Gasteiger partial charge in [0.05, 0.1) is 59.5 Å². The Morgan fingerprint density at radius 2 is 1.41 bits per heavy atom. The third-order valence-electron chi connectivity index (χ3n) is 12.9. The molecule has 4 aromatic carbocycles. The van der Waals surface area contributed by atoms with Crippen LogP contribution in [0.5, 0.6) is 17.4 Å². The van der Waals surface area contributed by atoms with Crippen LogP contribution < -0.4 is 14.2 Å². The van der Waals surface area contributed by atoms with Crippen LogP contribution in [0, 0.1) is 11.3 Å². The van der Waals surface area contributed by atoms with Gasteiger partial charge >= 0.3 is 0 Å². The Hall–Kier alpha value is -6.12. The van der Waals surface area contributed by atoms with Gasteiger partial charge in [0.25, 0.3) is 8.53 Å². The van der Waals surface area contributed by atoms with Crippen LogP contribution in [0.1, 0.15) is 62.6 Å². The van der Waals surface area contributed by atoms with Crippen molar-refractivity contribution in [3.8, 4) is 34.6 Å². The maximum atomic E-state index is 9.73. The molecule has 0 radical (unpaired) electrons. The monoisotopic (exact) mass is 1040 g/mol. The molecule has 17 heteroatoms. The molecule has 15 nitrogen and oxygen atoms in total. The Labute approximate surface area is 437 Å². The fourth-order valence-electron chi connectivity index (χ4n) is 9.27. The van der Waals surface area contributed by atoms with E-state index in [4.69, 9.17) is 47.4 Å². The molecule has 0 saturated carbocycles. The van der Waals surface area contributed by atoms with Crippen molar-refractivity contribution in [1.29, 1.82) is 5.26 Å². The fraction of sp³-hybridized carbons (Fsp3) is 0.386. The number of rotatable bonds is 25. The molecule has 7 aromatic rings. The first-order valence-electron chi connectivity index (χ1n) is 25.1. The Kier molecular flexibility index (Phi) is 18.2. The number of nitriles is 1. The molecule has 0 N–H and O–H groups in total. The lowest BCUT2D eigenvalue weighted by molar-refractivity contribution is -0.0963. The van der Waals surface area contributed by atoms with Crippen molar-refractivity contribution in [1.82, 2.24) is 29.2 Å². The van der Waals surface area contributed by atoms with Gasteiger partial charge < -0.3 is 37.5 Å². The Balaban J connectivity index is 1.29. The fourth-order valence-corrected chi connectivity index (χ4v) is 11.8. The van der Waals surface area contributed by atoms with Gasteiger partial charge in [0.2, 0.25) is 5.88 Å². The van der Waals surface area contributed by atoms with E-state index in [9.17, 15) is 5.26 Å². The van der Waals surface area contributed by atoms with E-state index in [-0.39, 0.29) is 38.3 Å². The molecule has 0 aliphatic carbocycles.